The Balaban J connectivity index is 1.88. The molecule has 0 saturated heterocycles. The Morgan fingerprint density at radius 3 is 2.58 bits per heavy atom. The van der Waals surface area contributed by atoms with Crippen molar-refractivity contribution in [3.63, 3.8) is 0 Å². The molecule has 0 aromatic carbocycles. The first-order valence-corrected chi connectivity index (χ1v) is 10.4. The molecule has 4 rings (SSSR count). The first-order valence-electron chi connectivity index (χ1n) is 9.57. The third-order valence-electron chi connectivity index (χ3n) is 8.16. The van der Waals surface area contributed by atoms with Crippen molar-refractivity contribution >= 4 is 29.0 Å². The lowest BCUT2D eigenvalue weighted by molar-refractivity contribution is -0.112. The van der Waals surface area contributed by atoms with E-state index in [0.29, 0.717) is 17.6 Å². The van der Waals surface area contributed by atoms with Crippen molar-refractivity contribution in [2.24, 2.45) is 28.6 Å². The molecule has 144 valence electrons. The molecule has 0 aliphatic heterocycles. The van der Waals surface area contributed by atoms with Crippen molar-refractivity contribution in [3.05, 3.63) is 23.3 Å². The normalized spacial score (nSPS) is 56.2. The number of carbonyl (C=O) groups excluding carboxylic acids is 1. The third-order valence-corrected chi connectivity index (χ3v) is 9.71. The van der Waals surface area contributed by atoms with Crippen LogP contribution in [0.2, 0.25) is 0 Å². The Bertz CT molecular complexity index is 734. The summed E-state index contributed by atoms with van der Waals surface area (Å²) in [5.74, 6) is -0.00111. The highest BCUT2D eigenvalue weighted by Crippen LogP contribution is 2.70. The lowest BCUT2D eigenvalue weighted by atomic mass is 9.47. The number of rotatable bonds is 0. The van der Waals surface area contributed by atoms with Gasteiger partial charge in [0.15, 0.2) is 5.78 Å². The predicted molar refractivity (Wildman–Crippen MR) is 102 cm³/mol. The van der Waals surface area contributed by atoms with Crippen LogP contribution in [0.3, 0.4) is 0 Å². The number of aliphatic hydroxyl groups is 1. The maximum atomic E-state index is 15.3. The second-order valence-electron chi connectivity index (χ2n) is 9.51. The molecule has 3 fully saturated rings. The summed E-state index contributed by atoms with van der Waals surface area (Å²) in [5.41, 5.74) is -0.0594. The summed E-state index contributed by atoms with van der Waals surface area (Å²) in [6.07, 6.45) is 3.36. The number of alkyl halides is 3. The van der Waals surface area contributed by atoms with Crippen molar-refractivity contribution in [2.45, 2.75) is 69.5 Å². The molecule has 0 aromatic rings. The summed E-state index contributed by atoms with van der Waals surface area (Å²) in [4.78, 5) is 11.3. The molecule has 0 spiro atoms. The van der Waals surface area contributed by atoms with Crippen molar-refractivity contribution in [1.82, 2.24) is 0 Å². The van der Waals surface area contributed by atoms with Gasteiger partial charge in [-0.25, -0.2) is 4.39 Å². The maximum absolute atomic E-state index is 15.3. The summed E-state index contributed by atoms with van der Waals surface area (Å²) >= 11 is 14.3. The smallest absolute Gasteiger partial charge is 0.181 e. The molecule has 4 aliphatic rings. The van der Waals surface area contributed by atoms with Crippen LogP contribution < -0.4 is 0 Å². The highest BCUT2D eigenvalue weighted by molar-refractivity contribution is 6.34. The van der Waals surface area contributed by atoms with Crippen LogP contribution in [0.1, 0.15) is 47.0 Å². The number of hydrogen-bond acceptors (Lipinski definition) is 2. The zero-order valence-corrected chi connectivity index (χ0v) is 17.2. The van der Waals surface area contributed by atoms with E-state index in [9.17, 15) is 9.90 Å². The van der Waals surface area contributed by atoms with Gasteiger partial charge in [-0.15, -0.1) is 23.2 Å². The molecule has 0 amide bonds. The van der Waals surface area contributed by atoms with E-state index in [1.54, 1.807) is 6.92 Å². The minimum Gasteiger partial charge on any atom is -0.392 e. The van der Waals surface area contributed by atoms with Gasteiger partial charge in [0.1, 0.15) is 6.17 Å². The second kappa shape index (κ2) is 5.58. The zero-order valence-electron chi connectivity index (χ0n) is 15.7. The Labute approximate surface area is 164 Å². The number of ketones is 1. The first-order chi connectivity index (χ1) is 12.0. The highest BCUT2D eigenvalue weighted by atomic mass is 35.5. The number of hydrogen-bond donors (Lipinski definition) is 1. The Morgan fingerprint density at radius 2 is 1.92 bits per heavy atom. The lowest BCUT2D eigenvalue weighted by Gasteiger charge is -2.63. The molecular formula is C21H27Cl2FO2. The van der Waals surface area contributed by atoms with Gasteiger partial charge in [-0.1, -0.05) is 26.8 Å². The van der Waals surface area contributed by atoms with Crippen LogP contribution in [-0.2, 0) is 4.79 Å². The van der Waals surface area contributed by atoms with Crippen LogP contribution in [-0.4, -0.2) is 33.4 Å². The minimum atomic E-state index is -1.20. The Morgan fingerprint density at radius 1 is 1.27 bits per heavy atom. The summed E-state index contributed by atoms with van der Waals surface area (Å²) in [6.45, 7) is 7.84. The molecule has 5 heteroatoms. The van der Waals surface area contributed by atoms with E-state index in [4.69, 9.17) is 23.2 Å². The summed E-state index contributed by atoms with van der Waals surface area (Å²) < 4.78 is 15.3. The monoisotopic (exact) mass is 400 g/mol. The van der Waals surface area contributed by atoms with Gasteiger partial charge >= 0.3 is 0 Å². The standard InChI is InChI=1S/C21H27Cl2FO2/c1-10-5-12-13-6-15(24)14-7-16(25)11(2)8-20(14,4)21(13,23)17(22)9-19(12,3)18(10)26/h7-8,10,12-13,15,17-18,26H,5-6,9H2,1-4H3/t10-,12+,13+,15+,17+,18-,19+,20+,21+/m1/s1. The van der Waals surface area contributed by atoms with Crippen LogP contribution in [0.5, 0.6) is 0 Å². The van der Waals surface area contributed by atoms with E-state index < -0.39 is 27.9 Å². The van der Waals surface area contributed by atoms with Gasteiger partial charge in [0.25, 0.3) is 0 Å². The SMILES string of the molecule is CC1=C[C@@]2(C)C(=CC1=O)[C@@H](F)C[C@H]1[C@@H]3C[C@@H](C)[C@@H](O)[C@@]3(C)C[C@H](Cl)[C@@]12Cl. The molecule has 0 unspecified atom stereocenters. The highest BCUT2D eigenvalue weighted by Gasteiger charge is 2.71. The molecular weight excluding hydrogens is 374 g/mol. The van der Waals surface area contributed by atoms with Crippen LogP contribution in [0.25, 0.3) is 0 Å². The minimum absolute atomic E-state index is 0.128. The number of aliphatic hydroxyl groups excluding tert-OH is 1. The second-order valence-corrected chi connectivity index (χ2v) is 10.7. The number of carbonyl (C=O) groups is 1. The fraction of sp³-hybridized carbons (Fsp3) is 0.762. The van der Waals surface area contributed by atoms with Gasteiger partial charge in [-0.3, -0.25) is 4.79 Å². The maximum Gasteiger partial charge on any atom is 0.181 e. The van der Waals surface area contributed by atoms with Gasteiger partial charge in [0.2, 0.25) is 0 Å². The molecule has 0 bridgehead atoms. The molecule has 0 aromatic heterocycles. The van der Waals surface area contributed by atoms with Gasteiger partial charge < -0.3 is 5.11 Å². The molecule has 0 radical (unpaired) electrons. The van der Waals surface area contributed by atoms with E-state index in [0.717, 1.165) is 6.42 Å². The van der Waals surface area contributed by atoms with Crippen LogP contribution in [0.4, 0.5) is 4.39 Å². The van der Waals surface area contributed by atoms with Crippen molar-refractivity contribution in [2.75, 3.05) is 0 Å². The molecule has 3 saturated carbocycles. The van der Waals surface area contributed by atoms with Crippen molar-refractivity contribution < 1.29 is 14.3 Å². The molecule has 1 N–H and O–H groups in total. The summed E-state index contributed by atoms with van der Waals surface area (Å²) in [7, 11) is 0. The molecule has 0 heterocycles. The van der Waals surface area contributed by atoms with Crippen LogP contribution >= 0.6 is 23.2 Å². The average molecular weight is 401 g/mol. The van der Waals surface area contributed by atoms with E-state index in [2.05, 4.69) is 13.8 Å². The van der Waals surface area contributed by atoms with E-state index in [-0.39, 0.29) is 35.4 Å². The van der Waals surface area contributed by atoms with Gasteiger partial charge in [0.05, 0.1) is 16.4 Å². The van der Waals surface area contributed by atoms with Gasteiger partial charge in [0, 0.05) is 5.41 Å². The molecule has 26 heavy (non-hydrogen) atoms. The summed E-state index contributed by atoms with van der Waals surface area (Å²) in [6, 6.07) is 0. The predicted octanol–water partition coefficient (Wildman–Crippen LogP) is 4.82. The molecule has 4 aliphatic carbocycles. The van der Waals surface area contributed by atoms with E-state index >= 15 is 4.39 Å². The summed E-state index contributed by atoms with van der Waals surface area (Å²) in [5, 5.41) is 10.4. The van der Waals surface area contributed by atoms with Crippen LogP contribution in [0, 0.1) is 28.6 Å². The van der Waals surface area contributed by atoms with Crippen molar-refractivity contribution in [1.29, 1.82) is 0 Å². The molecule has 9 atom stereocenters. The fourth-order valence-corrected chi connectivity index (χ4v) is 7.96. The van der Waals surface area contributed by atoms with Crippen LogP contribution in [0.15, 0.2) is 23.3 Å². The van der Waals surface area contributed by atoms with Gasteiger partial charge in [-0.2, -0.15) is 0 Å². The van der Waals surface area contributed by atoms with Gasteiger partial charge in [-0.05, 0) is 66.6 Å². The number of fused-ring (bicyclic) bond motifs is 5. The van der Waals surface area contributed by atoms with E-state index in [1.165, 1.54) is 6.08 Å². The lowest BCUT2D eigenvalue weighted by Crippen LogP contribution is -2.66. The Hall–Kier alpha value is -0.380. The quantitative estimate of drug-likeness (QED) is 0.591. The average Bonchev–Trinajstić information content (AvgIpc) is 2.77. The Kier molecular flexibility index (Phi) is 4.07. The largest absolute Gasteiger partial charge is 0.392 e. The first kappa shape index (κ1) is 19.0. The number of allylic oxidation sites excluding steroid dienone is 4. The van der Waals surface area contributed by atoms with E-state index in [1.807, 2.05) is 13.0 Å². The third kappa shape index (κ3) is 2.06. The number of halogens is 3. The zero-order chi connectivity index (χ0) is 19.2. The fourth-order valence-electron chi connectivity index (χ4n) is 6.76. The van der Waals surface area contributed by atoms with Crippen molar-refractivity contribution in [3.8, 4) is 0 Å². The topological polar surface area (TPSA) is 37.3 Å². The molecule has 2 nitrogen and oxygen atoms in total.